The molecule has 0 atom stereocenters. The summed E-state index contributed by atoms with van der Waals surface area (Å²) >= 11 is 3.15. The number of fused-ring (bicyclic) bond motifs is 1. The predicted octanol–water partition coefficient (Wildman–Crippen LogP) is 5.18. The molecule has 158 valence electrons. The van der Waals surface area contributed by atoms with Crippen LogP contribution in [-0.4, -0.2) is 25.7 Å². The fourth-order valence-electron chi connectivity index (χ4n) is 3.73. The van der Waals surface area contributed by atoms with Crippen molar-refractivity contribution in [3.05, 3.63) is 58.4 Å². The largest absolute Gasteiger partial charge is 0.326 e. The van der Waals surface area contributed by atoms with Gasteiger partial charge in [0.25, 0.3) is 0 Å². The molecule has 0 radical (unpaired) electrons. The average molecular weight is 454 g/mol. The van der Waals surface area contributed by atoms with E-state index in [0.29, 0.717) is 17.1 Å². The van der Waals surface area contributed by atoms with Crippen molar-refractivity contribution in [2.75, 3.05) is 5.32 Å². The Labute approximate surface area is 186 Å². The molecule has 0 aliphatic carbocycles. The number of carbonyl (C=O) groups is 1. The maximum Gasteiger partial charge on any atom is 0.230 e. The molecule has 0 saturated heterocycles. The van der Waals surface area contributed by atoms with Crippen molar-refractivity contribution in [2.45, 2.75) is 38.6 Å². The molecule has 6 nitrogen and oxygen atoms in total. The second-order valence-electron chi connectivity index (χ2n) is 7.44. The van der Waals surface area contributed by atoms with Crippen molar-refractivity contribution in [1.29, 1.82) is 0 Å². The number of benzene rings is 1. The number of carbonyl (C=O) groups excluding carboxylic acids is 1. The zero-order valence-corrected chi connectivity index (χ0v) is 18.3. The molecule has 1 amide bonds. The highest BCUT2D eigenvalue weighted by Crippen LogP contribution is 2.29. The van der Waals surface area contributed by atoms with Crippen LogP contribution in [0.25, 0.3) is 21.3 Å². The molecule has 1 aliphatic rings. The number of aryl methyl sites for hydroxylation is 1. The van der Waals surface area contributed by atoms with E-state index < -0.39 is 0 Å². The van der Waals surface area contributed by atoms with Gasteiger partial charge in [-0.25, -0.2) is 9.37 Å². The number of hydrogen-bond acceptors (Lipinski definition) is 6. The van der Waals surface area contributed by atoms with E-state index in [0.717, 1.165) is 53.6 Å². The lowest BCUT2D eigenvalue weighted by Crippen LogP contribution is -2.15. The number of thiophene rings is 1. The van der Waals surface area contributed by atoms with Gasteiger partial charge in [-0.3, -0.25) is 4.79 Å². The van der Waals surface area contributed by atoms with E-state index in [-0.39, 0.29) is 18.1 Å². The minimum absolute atomic E-state index is 0.162. The number of anilines is 1. The van der Waals surface area contributed by atoms with Crippen molar-refractivity contribution in [3.8, 4) is 21.3 Å². The third kappa shape index (κ3) is 4.28. The highest BCUT2D eigenvalue weighted by molar-refractivity contribution is 7.20. The second-order valence-corrected chi connectivity index (χ2v) is 9.25. The SMILES string of the molecule is O=C(Cc1csc(-c2cccs2)n1)Nc1ccc(F)c(-c2nnc3n2CCCCC3)c1. The molecular weight excluding hydrogens is 433 g/mol. The van der Waals surface area contributed by atoms with Gasteiger partial charge in [0.1, 0.15) is 16.6 Å². The van der Waals surface area contributed by atoms with Crippen LogP contribution in [0.4, 0.5) is 10.1 Å². The Balaban J connectivity index is 1.33. The highest BCUT2D eigenvalue weighted by Gasteiger charge is 2.19. The molecule has 1 aliphatic heterocycles. The molecule has 31 heavy (non-hydrogen) atoms. The molecule has 0 bridgehead atoms. The average Bonchev–Trinajstić information content (AvgIpc) is 3.49. The van der Waals surface area contributed by atoms with E-state index in [1.54, 1.807) is 23.5 Å². The number of rotatable bonds is 5. The van der Waals surface area contributed by atoms with Crippen LogP contribution in [-0.2, 0) is 24.2 Å². The summed E-state index contributed by atoms with van der Waals surface area (Å²) in [5.74, 6) is 0.843. The van der Waals surface area contributed by atoms with Crippen molar-refractivity contribution in [1.82, 2.24) is 19.7 Å². The van der Waals surface area contributed by atoms with Crippen LogP contribution < -0.4 is 5.32 Å². The molecule has 5 rings (SSSR count). The van der Waals surface area contributed by atoms with Gasteiger partial charge < -0.3 is 9.88 Å². The summed E-state index contributed by atoms with van der Waals surface area (Å²) in [5, 5.41) is 16.2. The van der Waals surface area contributed by atoms with Gasteiger partial charge in [-0.15, -0.1) is 32.9 Å². The number of hydrogen-bond donors (Lipinski definition) is 1. The number of nitrogens with zero attached hydrogens (tertiary/aromatic N) is 4. The van der Waals surface area contributed by atoms with E-state index in [4.69, 9.17) is 0 Å². The Kier molecular flexibility index (Phi) is 5.61. The van der Waals surface area contributed by atoms with Gasteiger partial charge in [0.15, 0.2) is 5.82 Å². The van der Waals surface area contributed by atoms with Crippen LogP contribution in [0.15, 0.2) is 41.1 Å². The topological polar surface area (TPSA) is 72.7 Å². The number of amides is 1. The normalized spacial score (nSPS) is 13.6. The molecule has 4 aromatic rings. The minimum atomic E-state index is -0.377. The van der Waals surface area contributed by atoms with Crippen molar-refractivity contribution >= 4 is 34.3 Å². The molecular formula is C22H20FN5OS2. The third-order valence-corrected chi connectivity index (χ3v) is 7.16. The van der Waals surface area contributed by atoms with Crippen LogP contribution in [0.3, 0.4) is 0 Å². The first-order chi connectivity index (χ1) is 15.2. The lowest BCUT2D eigenvalue weighted by molar-refractivity contribution is -0.115. The molecule has 0 fully saturated rings. The lowest BCUT2D eigenvalue weighted by atomic mass is 10.1. The van der Waals surface area contributed by atoms with Crippen LogP contribution in [0.5, 0.6) is 0 Å². The summed E-state index contributed by atoms with van der Waals surface area (Å²) < 4.78 is 16.6. The second kappa shape index (κ2) is 8.68. The fourth-order valence-corrected chi connectivity index (χ4v) is 5.36. The summed E-state index contributed by atoms with van der Waals surface area (Å²) in [6, 6.07) is 8.55. The monoisotopic (exact) mass is 453 g/mol. The van der Waals surface area contributed by atoms with Gasteiger partial charge in [-0.1, -0.05) is 12.5 Å². The van der Waals surface area contributed by atoms with Gasteiger partial charge >= 0.3 is 0 Å². The maximum absolute atomic E-state index is 14.6. The maximum atomic E-state index is 14.6. The predicted molar refractivity (Wildman–Crippen MR) is 121 cm³/mol. The molecule has 1 N–H and O–H groups in total. The molecule has 0 saturated carbocycles. The lowest BCUT2D eigenvalue weighted by Gasteiger charge is -2.10. The Morgan fingerprint density at radius 2 is 2.10 bits per heavy atom. The Morgan fingerprint density at radius 3 is 2.97 bits per heavy atom. The summed E-state index contributed by atoms with van der Waals surface area (Å²) in [6.07, 6.45) is 4.24. The quantitative estimate of drug-likeness (QED) is 0.452. The van der Waals surface area contributed by atoms with Crippen LogP contribution in [0.2, 0.25) is 0 Å². The minimum Gasteiger partial charge on any atom is -0.326 e. The van der Waals surface area contributed by atoms with Gasteiger partial charge in [0.05, 0.1) is 22.6 Å². The first-order valence-corrected chi connectivity index (χ1v) is 11.9. The Morgan fingerprint density at radius 1 is 1.16 bits per heavy atom. The first kappa shape index (κ1) is 20.0. The van der Waals surface area contributed by atoms with Gasteiger partial charge in [-0.2, -0.15) is 0 Å². The zero-order valence-electron chi connectivity index (χ0n) is 16.7. The summed E-state index contributed by atoms with van der Waals surface area (Å²) in [7, 11) is 0. The standard InChI is InChI=1S/C22H20FN5OS2/c23-17-8-7-14(11-16(17)21-27-26-19-6-2-1-3-9-28(19)21)24-20(29)12-15-13-31-22(25-15)18-5-4-10-30-18/h4-5,7-8,10-11,13H,1-3,6,9,12H2,(H,24,29). The molecule has 1 aromatic carbocycles. The number of halogens is 1. The third-order valence-electron chi connectivity index (χ3n) is 5.23. The van der Waals surface area contributed by atoms with Crippen molar-refractivity contribution in [3.63, 3.8) is 0 Å². The number of aromatic nitrogens is 4. The number of thiazole rings is 1. The van der Waals surface area contributed by atoms with Crippen LogP contribution >= 0.6 is 22.7 Å². The van der Waals surface area contributed by atoms with E-state index in [2.05, 4.69) is 20.5 Å². The molecule has 4 heterocycles. The number of nitrogens with one attached hydrogen (secondary N) is 1. The van der Waals surface area contributed by atoms with Gasteiger partial charge in [0.2, 0.25) is 5.91 Å². The zero-order chi connectivity index (χ0) is 21.2. The molecule has 0 spiro atoms. The van der Waals surface area contributed by atoms with Gasteiger partial charge in [0, 0.05) is 24.0 Å². The Bertz CT molecular complexity index is 1210. The molecule has 3 aromatic heterocycles. The van der Waals surface area contributed by atoms with E-state index in [9.17, 15) is 9.18 Å². The summed E-state index contributed by atoms with van der Waals surface area (Å²) in [5.41, 5.74) is 1.60. The summed E-state index contributed by atoms with van der Waals surface area (Å²) in [4.78, 5) is 18.2. The molecule has 0 unspecified atom stereocenters. The van der Waals surface area contributed by atoms with Gasteiger partial charge in [-0.05, 0) is 42.5 Å². The molecule has 9 heteroatoms. The van der Waals surface area contributed by atoms with E-state index in [1.165, 1.54) is 17.4 Å². The Hall–Kier alpha value is -2.91. The fraction of sp³-hybridized carbons (Fsp3) is 0.273. The first-order valence-electron chi connectivity index (χ1n) is 10.2. The highest BCUT2D eigenvalue weighted by atomic mass is 32.1. The van der Waals surface area contributed by atoms with E-state index in [1.807, 2.05) is 27.5 Å². The summed E-state index contributed by atoms with van der Waals surface area (Å²) in [6.45, 7) is 0.782. The van der Waals surface area contributed by atoms with Crippen LogP contribution in [0, 0.1) is 5.82 Å². The van der Waals surface area contributed by atoms with Crippen molar-refractivity contribution < 1.29 is 9.18 Å². The smallest absolute Gasteiger partial charge is 0.230 e. The van der Waals surface area contributed by atoms with Crippen molar-refractivity contribution in [2.24, 2.45) is 0 Å². The van der Waals surface area contributed by atoms with E-state index >= 15 is 0 Å². The van der Waals surface area contributed by atoms with Crippen LogP contribution in [0.1, 0.15) is 30.8 Å².